The summed E-state index contributed by atoms with van der Waals surface area (Å²) in [6, 6.07) is 1.38. The summed E-state index contributed by atoms with van der Waals surface area (Å²) in [7, 11) is 3.23. The van der Waals surface area contributed by atoms with Crippen LogP contribution in [0.5, 0.6) is 5.75 Å². The summed E-state index contributed by atoms with van der Waals surface area (Å²) < 4.78 is 0. The Kier molecular flexibility index (Phi) is 5.61. The first-order valence-corrected chi connectivity index (χ1v) is 11.3. The largest absolute Gasteiger partial charge is 0.505 e. The highest BCUT2D eigenvalue weighted by molar-refractivity contribution is 6.31. The van der Waals surface area contributed by atoms with E-state index in [0.717, 1.165) is 0 Å². The second kappa shape index (κ2) is 7.93. The molecule has 0 aromatic heterocycles. The zero-order valence-electron chi connectivity index (χ0n) is 20.1. The maximum atomic E-state index is 13.8. The number of hydrogen-bond donors (Lipinski definition) is 5. The van der Waals surface area contributed by atoms with E-state index in [9.17, 15) is 44.1 Å². The van der Waals surface area contributed by atoms with E-state index in [1.54, 1.807) is 19.0 Å². The van der Waals surface area contributed by atoms with E-state index in [1.165, 1.54) is 19.9 Å². The number of carbonyl (C=O) groups excluding carboxylic acids is 6. The number of nitrogens with two attached hydrogens (primary N) is 1. The van der Waals surface area contributed by atoms with E-state index in [2.05, 4.69) is 5.32 Å². The lowest BCUT2D eigenvalue weighted by atomic mass is 9.50. The number of amides is 2. The average molecular weight is 501 g/mol. The molecule has 192 valence electrons. The number of aliphatic hydroxyl groups is 2. The van der Waals surface area contributed by atoms with Gasteiger partial charge in [0, 0.05) is 50.5 Å². The van der Waals surface area contributed by atoms with Gasteiger partial charge in [-0.25, -0.2) is 0 Å². The van der Waals surface area contributed by atoms with Crippen LogP contribution in [0.1, 0.15) is 42.6 Å². The van der Waals surface area contributed by atoms with Gasteiger partial charge < -0.3 is 31.3 Å². The van der Waals surface area contributed by atoms with Crippen LogP contribution in [0.3, 0.4) is 0 Å². The molecule has 2 unspecified atom stereocenters. The molecule has 6 N–H and O–H groups in total. The number of ketones is 4. The molecular weight excluding hydrogens is 474 g/mol. The Morgan fingerprint density at radius 2 is 1.75 bits per heavy atom. The summed E-state index contributed by atoms with van der Waals surface area (Å²) in [5.74, 6) is -13.3. The predicted molar refractivity (Wildman–Crippen MR) is 123 cm³/mol. The fraction of sp³-hybridized carbons (Fsp3) is 0.500. The summed E-state index contributed by atoms with van der Waals surface area (Å²) in [5.41, 5.74) is 0.112. The molecular formula is C24H27N3O9. The zero-order valence-corrected chi connectivity index (χ0v) is 20.1. The SMILES string of the molecule is CC(=O)Nc1cc(N(C)C)c2c(c1O)C(=O)C1C(=O)[C@]3(O)C(=O)C(C(N)=O)C(=O)C[C@@H]3C[C@@H]1[C@@]2(C)O. The van der Waals surface area contributed by atoms with E-state index in [4.69, 9.17) is 5.73 Å². The van der Waals surface area contributed by atoms with Gasteiger partial charge in [0.1, 0.15) is 5.75 Å². The first kappa shape index (κ1) is 25.5. The third-order valence-corrected chi connectivity index (χ3v) is 7.71. The van der Waals surface area contributed by atoms with Crippen molar-refractivity contribution in [3.05, 3.63) is 17.2 Å². The molecule has 2 saturated carbocycles. The van der Waals surface area contributed by atoms with Crippen molar-refractivity contribution in [1.29, 1.82) is 0 Å². The van der Waals surface area contributed by atoms with E-state index in [-0.39, 0.29) is 23.4 Å². The molecule has 1 aromatic carbocycles. The molecule has 36 heavy (non-hydrogen) atoms. The van der Waals surface area contributed by atoms with Crippen LogP contribution in [0.4, 0.5) is 11.4 Å². The number of phenols is 1. The predicted octanol–water partition coefficient (Wildman–Crippen LogP) is -0.984. The number of nitrogens with one attached hydrogen (secondary N) is 1. The molecule has 2 amide bonds. The van der Waals surface area contributed by atoms with Crippen LogP contribution in [0.15, 0.2) is 6.07 Å². The van der Waals surface area contributed by atoms with E-state index >= 15 is 0 Å². The minimum Gasteiger partial charge on any atom is -0.505 e. The van der Waals surface area contributed by atoms with Gasteiger partial charge in [-0.05, 0) is 19.4 Å². The fourth-order valence-electron chi connectivity index (χ4n) is 6.05. The molecule has 0 spiro atoms. The van der Waals surface area contributed by atoms with Crippen LogP contribution in [-0.2, 0) is 29.6 Å². The highest BCUT2D eigenvalue weighted by atomic mass is 16.3. The second-order valence-corrected chi connectivity index (χ2v) is 10.1. The molecule has 0 aliphatic heterocycles. The Morgan fingerprint density at radius 3 is 2.28 bits per heavy atom. The molecule has 12 nitrogen and oxygen atoms in total. The lowest BCUT2D eigenvalue weighted by Crippen LogP contribution is -2.70. The number of fused-ring (bicyclic) bond motifs is 3. The third-order valence-electron chi connectivity index (χ3n) is 7.71. The number of phenolic OH excluding ortho intramolecular Hbond substituents is 1. The number of aromatic hydroxyl groups is 1. The van der Waals surface area contributed by atoms with Gasteiger partial charge in [-0.3, -0.25) is 28.8 Å². The smallest absolute Gasteiger partial charge is 0.235 e. The van der Waals surface area contributed by atoms with Gasteiger partial charge in [-0.2, -0.15) is 0 Å². The van der Waals surface area contributed by atoms with Crippen molar-refractivity contribution in [3.8, 4) is 5.75 Å². The molecule has 1 aromatic rings. The van der Waals surface area contributed by atoms with Crippen LogP contribution >= 0.6 is 0 Å². The van der Waals surface area contributed by atoms with Gasteiger partial charge in [0.15, 0.2) is 34.7 Å². The first-order valence-electron chi connectivity index (χ1n) is 11.3. The van der Waals surface area contributed by atoms with Crippen LogP contribution in [0, 0.1) is 23.7 Å². The number of hydrogen-bond acceptors (Lipinski definition) is 10. The minimum atomic E-state index is -2.84. The Morgan fingerprint density at radius 1 is 1.14 bits per heavy atom. The summed E-state index contributed by atoms with van der Waals surface area (Å²) in [5, 5.41) is 36.4. The maximum Gasteiger partial charge on any atom is 0.235 e. The number of carbonyl (C=O) groups is 6. The molecule has 0 radical (unpaired) electrons. The Balaban J connectivity index is 1.96. The van der Waals surface area contributed by atoms with Crippen molar-refractivity contribution in [3.63, 3.8) is 0 Å². The molecule has 0 saturated heterocycles. The Bertz CT molecular complexity index is 1270. The number of benzene rings is 1. The molecule has 3 aliphatic carbocycles. The normalized spacial score (nSPS) is 33.4. The van der Waals surface area contributed by atoms with Gasteiger partial charge >= 0.3 is 0 Å². The van der Waals surface area contributed by atoms with Crippen molar-refractivity contribution in [2.75, 3.05) is 24.3 Å². The van der Waals surface area contributed by atoms with Crippen LogP contribution < -0.4 is 16.0 Å². The maximum absolute atomic E-state index is 13.8. The van der Waals surface area contributed by atoms with Gasteiger partial charge in [0.2, 0.25) is 11.8 Å². The number of nitrogens with zero attached hydrogens (tertiary/aromatic N) is 1. The number of anilines is 2. The van der Waals surface area contributed by atoms with Crippen LogP contribution in [-0.4, -0.2) is 70.0 Å². The second-order valence-electron chi connectivity index (χ2n) is 10.1. The number of rotatable bonds is 3. The first-order chi connectivity index (χ1) is 16.6. The monoisotopic (exact) mass is 501 g/mol. The summed E-state index contributed by atoms with van der Waals surface area (Å²) in [6.07, 6.45) is -0.787. The van der Waals surface area contributed by atoms with Gasteiger partial charge in [0.25, 0.3) is 0 Å². The minimum absolute atomic E-state index is 0.00654. The molecule has 0 heterocycles. The van der Waals surface area contributed by atoms with Crippen molar-refractivity contribution < 1.29 is 44.1 Å². The van der Waals surface area contributed by atoms with Crippen LogP contribution in [0.25, 0.3) is 0 Å². The molecule has 3 aliphatic rings. The molecule has 6 atom stereocenters. The summed E-state index contributed by atoms with van der Waals surface area (Å²) >= 11 is 0. The van der Waals surface area contributed by atoms with Crippen molar-refractivity contribution in [1.82, 2.24) is 0 Å². The van der Waals surface area contributed by atoms with E-state index in [0.29, 0.717) is 0 Å². The molecule has 12 heteroatoms. The quantitative estimate of drug-likeness (QED) is 0.253. The van der Waals surface area contributed by atoms with E-state index in [1.807, 2.05) is 0 Å². The molecule has 0 bridgehead atoms. The van der Waals surface area contributed by atoms with Crippen LogP contribution in [0.2, 0.25) is 0 Å². The molecule has 2 fully saturated rings. The lowest BCUT2D eigenvalue weighted by molar-refractivity contribution is -0.182. The van der Waals surface area contributed by atoms with Gasteiger partial charge in [-0.15, -0.1) is 0 Å². The molecule has 4 rings (SSSR count). The van der Waals surface area contributed by atoms with Gasteiger partial charge in [-0.1, -0.05) is 0 Å². The fourth-order valence-corrected chi connectivity index (χ4v) is 6.05. The van der Waals surface area contributed by atoms with E-state index < -0.39 is 87.6 Å². The number of primary amides is 1. The topological polar surface area (TPSA) is 204 Å². The van der Waals surface area contributed by atoms with Crippen molar-refractivity contribution in [2.45, 2.75) is 37.9 Å². The lowest BCUT2D eigenvalue weighted by Gasteiger charge is -2.53. The third kappa shape index (κ3) is 3.21. The highest BCUT2D eigenvalue weighted by Crippen LogP contribution is 2.57. The highest BCUT2D eigenvalue weighted by Gasteiger charge is 2.69. The Hall–Kier alpha value is -3.64. The average Bonchev–Trinajstić information content (AvgIpc) is 2.74. The standard InChI is InChI=1S/C24H27N3O9/c1-8(28)26-11-7-12(27(3)4)17-16(18(11)30)19(31)14-10(23(17,2)35)5-9-6-13(29)15(22(25)34)21(33)24(9,36)20(14)32/h7,9-10,14-15,30,35-36H,5-6H2,1-4H3,(H2,25,34)(H,26,28)/t9-,10-,14?,15?,23+,24-/m0/s1. The van der Waals surface area contributed by atoms with Crippen molar-refractivity contribution >= 4 is 46.3 Å². The Labute approximate surface area is 205 Å². The summed E-state index contributed by atoms with van der Waals surface area (Å²) in [4.78, 5) is 78.0. The van der Waals surface area contributed by atoms with Crippen molar-refractivity contribution in [2.24, 2.45) is 29.4 Å². The zero-order chi connectivity index (χ0) is 27.1. The number of Topliss-reactive ketones (excluding diaryl/α,β-unsaturated/α-hetero) is 4. The summed E-state index contributed by atoms with van der Waals surface area (Å²) in [6.45, 7) is 2.53. The van der Waals surface area contributed by atoms with Gasteiger partial charge in [0.05, 0.1) is 22.8 Å².